The van der Waals surface area contributed by atoms with Gasteiger partial charge in [-0.15, -0.1) is 0 Å². The van der Waals surface area contributed by atoms with E-state index < -0.39 is 0 Å². The number of nitrogens with zero attached hydrogens (tertiary/aromatic N) is 2. The minimum atomic E-state index is 0.0147. The summed E-state index contributed by atoms with van der Waals surface area (Å²) in [4.78, 5) is 7.05. The Morgan fingerprint density at radius 1 is 1.29 bits per heavy atom. The molecule has 0 bridgehead atoms. The van der Waals surface area contributed by atoms with Gasteiger partial charge in [-0.05, 0) is 36.5 Å². The molecule has 0 spiro atoms. The molecule has 0 saturated carbocycles. The lowest BCUT2D eigenvalue weighted by atomic mass is 9.93. The molecule has 6 heteroatoms. The number of rotatable bonds is 5. The van der Waals surface area contributed by atoms with Gasteiger partial charge < -0.3 is 24.8 Å². The summed E-state index contributed by atoms with van der Waals surface area (Å²) in [5, 5.41) is 13.4. The minimum absolute atomic E-state index is 0.0147. The molecular formula is C18H29N3O3. The van der Waals surface area contributed by atoms with E-state index >= 15 is 0 Å². The molecule has 0 amide bonds. The van der Waals surface area contributed by atoms with Crippen LogP contribution in [0.2, 0.25) is 0 Å². The standard InChI is InChI=1S/C18H29N3O3/c1-6-19-17(21-8-7-18(2,3)12-21)20-11-13-9-14(23-4)16(22)15(10-13)24-5/h9-10,22H,6-8,11-12H2,1-5H3,(H,19,20). The Morgan fingerprint density at radius 3 is 2.38 bits per heavy atom. The second-order valence-electron chi connectivity index (χ2n) is 6.85. The van der Waals surface area contributed by atoms with Gasteiger partial charge in [0.1, 0.15) is 0 Å². The van der Waals surface area contributed by atoms with Crippen LogP contribution in [0.25, 0.3) is 0 Å². The lowest BCUT2D eigenvalue weighted by Crippen LogP contribution is -2.40. The first kappa shape index (κ1) is 18.2. The predicted molar refractivity (Wildman–Crippen MR) is 96.0 cm³/mol. The van der Waals surface area contributed by atoms with Crippen molar-refractivity contribution < 1.29 is 14.6 Å². The highest BCUT2D eigenvalue weighted by molar-refractivity contribution is 5.80. The lowest BCUT2D eigenvalue weighted by molar-refractivity contribution is 0.339. The molecule has 1 aliphatic rings. The van der Waals surface area contributed by atoms with Gasteiger partial charge >= 0.3 is 0 Å². The zero-order chi connectivity index (χ0) is 17.7. The number of nitrogens with one attached hydrogen (secondary N) is 1. The number of ether oxygens (including phenoxy) is 2. The molecule has 0 atom stereocenters. The Morgan fingerprint density at radius 2 is 1.92 bits per heavy atom. The number of benzene rings is 1. The third kappa shape index (κ3) is 4.24. The Hall–Kier alpha value is -2.11. The number of phenolic OH excluding ortho intramolecular Hbond substituents is 1. The first-order chi connectivity index (χ1) is 11.4. The summed E-state index contributed by atoms with van der Waals surface area (Å²) in [6.07, 6.45) is 1.16. The fraction of sp³-hybridized carbons (Fsp3) is 0.611. The highest BCUT2D eigenvalue weighted by atomic mass is 16.5. The van der Waals surface area contributed by atoms with Crippen molar-refractivity contribution in [2.24, 2.45) is 10.4 Å². The molecule has 0 unspecified atom stereocenters. The van der Waals surface area contributed by atoms with Crippen LogP contribution in [0.15, 0.2) is 17.1 Å². The molecule has 134 valence electrons. The maximum atomic E-state index is 10.00. The smallest absolute Gasteiger partial charge is 0.200 e. The van der Waals surface area contributed by atoms with E-state index in [-0.39, 0.29) is 5.75 Å². The lowest BCUT2D eigenvalue weighted by Gasteiger charge is -2.23. The molecule has 24 heavy (non-hydrogen) atoms. The van der Waals surface area contributed by atoms with Crippen LogP contribution in [-0.2, 0) is 6.54 Å². The van der Waals surface area contributed by atoms with Gasteiger partial charge in [-0.25, -0.2) is 4.99 Å². The molecule has 1 aliphatic heterocycles. The van der Waals surface area contributed by atoms with E-state index in [2.05, 4.69) is 31.0 Å². The van der Waals surface area contributed by atoms with Crippen molar-refractivity contribution in [2.75, 3.05) is 33.9 Å². The van der Waals surface area contributed by atoms with Crippen LogP contribution in [0.3, 0.4) is 0 Å². The van der Waals surface area contributed by atoms with Gasteiger partial charge in [0, 0.05) is 19.6 Å². The molecule has 1 saturated heterocycles. The summed E-state index contributed by atoms with van der Waals surface area (Å²) in [5.74, 6) is 1.73. The summed E-state index contributed by atoms with van der Waals surface area (Å²) in [5.41, 5.74) is 1.25. The van der Waals surface area contributed by atoms with Crippen LogP contribution < -0.4 is 14.8 Å². The number of guanidine groups is 1. The largest absolute Gasteiger partial charge is 0.502 e. The number of hydrogen-bond acceptors (Lipinski definition) is 4. The van der Waals surface area contributed by atoms with Gasteiger partial charge in [-0.3, -0.25) is 0 Å². The second-order valence-corrected chi connectivity index (χ2v) is 6.85. The van der Waals surface area contributed by atoms with E-state index in [0.29, 0.717) is 23.5 Å². The number of likely N-dealkylation sites (tertiary alicyclic amines) is 1. The molecule has 2 rings (SSSR count). The van der Waals surface area contributed by atoms with E-state index in [1.165, 1.54) is 14.2 Å². The third-order valence-corrected chi connectivity index (χ3v) is 4.26. The van der Waals surface area contributed by atoms with Crippen molar-refractivity contribution in [3.05, 3.63) is 17.7 Å². The van der Waals surface area contributed by atoms with E-state index in [1.807, 2.05) is 0 Å². The zero-order valence-corrected chi connectivity index (χ0v) is 15.3. The summed E-state index contributed by atoms with van der Waals surface area (Å²) in [6, 6.07) is 3.58. The van der Waals surface area contributed by atoms with Crippen LogP contribution in [0.1, 0.15) is 32.8 Å². The zero-order valence-electron chi connectivity index (χ0n) is 15.3. The van der Waals surface area contributed by atoms with E-state index in [0.717, 1.165) is 37.6 Å². The van der Waals surface area contributed by atoms with Gasteiger partial charge in [0.25, 0.3) is 0 Å². The van der Waals surface area contributed by atoms with Crippen LogP contribution in [0, 0.1) is 5.41 Å². The first-order valence-corrected chi connectivity index (χ1v) is 8.37. The van der Waals surface area contributed by atoms with Crippen molar-refractivity contribution in [1.29, 1.82) is 0 Å². The number of aromatic hydroxyl groups is 1. The first-order valence-electron chi connectivity index (χ1n) is 8.37. The van der Waals surface area contributed by atoms with Crippen LogP contribution in [0.5, 0.6) is 17.2 Å². The number of hydrogen-bond donors (Lipinski definition) is 2. The van der Waals surface area contributed by atoms with Crippen molar-refractivity contribution >= 4 is 5.96 Å². The topological polar surface area (TPSA) is 66.3 Å². The summed E-state index contributed by atoms with van der Waals surface area (Å²) < 4.78 is 10.4. The summed E-state index contributed by atoms with van der Waals surface area (Å²) in [6.45, 7) is 9.98. The van der Waals surface area contributed by atoms with Crippen molar-refractivity contribution in [3.8, 4) is 17.2 Å². The maximum absolute atomic E-state index is 10.00. The van der Waals surface area contributed by atoms with E-state index in [1.54, 1.807) is 12.1 Å². The molecule has 1 aromatic rings. The van der Waals surface area contributed by atoms with Crippen molar-refractivity contribution in [1.82, 2.24) is 10.2 Å². The molecule has 1 fully saturated rings. The van der Waals surface area contributed by atoms with Gasteiger partial charge in [-0.1, -0.05) is 13.8 Å². The monoisotopic (exact) mass is 335 g/mol. The third-order valence-electron chi connectivity index (χ3n) is 4.26. The van der Waals surface area contributed by atoms with Gasteiger partial charge in [0.05, 0.1) is 20.8 Å². The molecular weight excluding hydrogens is 306 g/mol. The Bertz CT molecular complexity index is 574. The molecule has 6 nitrogen and oxygen atoms in total. The highest BCUT2D eigenvalue weighted by Gasteiger charge is 2.30. The Labute approximate surface area is 144 Å². The van der Waals surface area contributed by atoms with Crippen LogP contribution >= 0.6 is 0 Å². The maximum Gasteiger partial charge on any atom is 0.200 e. The van der Waals surface area contributed by atoms with Crippen molar-refractivity contribution in [3.63, 3.8) is 0 Å². The fourth-order valence-electron chi connectivity index (χ4n) is 2.92. The second kappa shape index (κ2) is 7.64. The predicted octanol–water partition coefficient (Wildman–Crippen LogP) is 2.61. The molecule has 2 N–H and O–H groups in total. The fourth-order valence-corrected chi connectivity index (χ4v) is 2.92. The Kier molecular flexibility index (Phi) is 5.80. The molecule has 1 aromatic carbocycles. The van der Waals surface area contributed by atoms with Crippen molar-refractivity contribution in [2.45, 2.75) is 33.7 Å². The molecule has 0 aliphatic carbocycles. The van der Waals surface area contributed by atoms with Gasteiger partial charge in [-0.2, -0.15) is 0 Å². The Balaban J connectivity index is 2.20. The molecule has 1 heterocycles. The number of aliphatic imine (C=N–C) groups is 1. The van der Waals surface area contributed by atoms with Gasteiger partial charge in [0.15, 0.2) is 17.5 Å². The summed E-state index contributed by atoms with van der Waals surface area (Å²) in [7, 11) is 3.05. The van der Waals surface area contributed by atoms with Crippen LogP contribution in [0.4, 0.5) is 0 Å². The van der Waals surface area contributed by atoms with Crippen LogP contribution in [-0.4, -0.2) is 49.8 Å². The average molecular weight is 335 g/mol. The van der Waals surface area contributed by atoms with E-state index in [9.17, 15) is 5.11 Å². The number of phenols is 1. The quantitative estimate of drug-likeness (QED) is 0.639. The molecule has 0 radical (unpaired) electrons. The average Bonchev–Trinajstić information content (AvgIpc) is 2.92. The molecule has 0 aromatic heterocycles. The normalized spacial score (nSPS) is 17.0. The SMILES string of the molecule is CCNC(=NCc1cc(OC)c(O)c(OC)c1)N1CCC(C)(C)C1. The summed E-state index contributed by atoms with van der Waals surface area (Å²) >= 11 is 0. The highest BCUT2D eigenvalue weighted by Crippen LogP contribution is 2.37. The van der Waals surface area contributed by atoms with E-state index in [4.69, 9.17) is 14.5 Å². The minimum Gasteiger partial charge on any atom is -0.502 e. The number of methoxy groups -OCH3 is 2. The van der Waals surface area contributed by atoms with Gasteiger partial charge in [0.2, 0.25) is 5.75 Å².